The second-order valence-corrected chi connectivity index (χ2v) is 10.4. The van der Waals surface area contributed by atoms with Crippen molar-refractivity contribution in [1.29, 1.82) is 0 Å². The number of carbonyl (C=O) groups excluding carboxylic acids is 2. The molecule has 0 aliphatic rings. The number of nitrogens with zero attached hydrogens (tertiary/aromatic N) is 1. The molecule has 1 amide bonds. The van der Waals surface area contributed by atoms with Gasteiger partial charge >= 0.3 is 5.97 Å². The van der Waals surface area contributed by atoms with Crippen LogP contribution in [0, 0.1) is 0 Å². The Balaban J connectivity index is 1.94. The summed E-state index contributed by atoms with van der Waals surface area (Å²) in [6, 6.07) is 9.65. The first-order valence-electron chi connectivity index (χ1n) is 10.1. The molecule has 3 rings (SSSR count). The molecule has 2 aromatic heterocycles. The lowest BCUT2D eigenvalue weighted by Crippen LogP contribution is -2.30. The van der Waals surface area contributed by atoms with E-state index < -0.39 is 21.9 Å². The molecular weight excluding hydrogens is 468 g/mol. The molecule has 0 aliphatic heterocycles. The molecule has 7 nitrogen and oxygen atoms in total. The first-order valence-corrected chi connectivity index (χ1v) is 13.3. The van der Waals surface area contributed by atoms with E-state index in [9.17, 15) is 18.0 Å². The van der Waals surface area contributed by atoms with Gasteiger partial charge in [-0.15, -0.1) is 22.7 Å². The van der Waals surface area contributed by atoms with E-state index >= 15 is 0 Å². The fourth-order valence-corrected chi connectivity index (χ4v) is 6.43. The molecule has 0 atom stereocenters. The van der Waals surface area contributed by atoms with Crippen molar-refractivity contribution in [3.8, 4) is 10.4 Å². The van der Waals surface area contributed by atoms with Crippen LogP contribution in [0.3, 0.4) is 0 Å². The first kappa shape index (κ1) is 24.1. The van der Waals surface area contributed by atoms with Crippen LogP contribution in [0.4, 0.5) is 5.00 Å². The Labute approximate surface area is 195 Å². The molecule has 1 N–H and O–H groups in total. The zero-order valence-corrected chi connectivity index (χ0v) is 20.4. The number of benzene rings is 1. The summed E-state index contributed by atoms with van der Waals surface area (Å²) < 4.78 is 32.2. The maximum atomic E-state index is 13.0. The second-order valence-electron chi connectivity index (χ2n) is 6.62. The van der Waals surface area contributed by atoms with Gasteiger partial charge in [0.15, 0.2) is 0 Å². The molecular formula is C22H24N2O5S3. The number of nitrogens with one attached hydrogen (secondary N) is 1. The van der Waals surface area contributed by atoms with Crippen molar-refractivity contribution in [3.63, 3.8) is 0 Å². The standard InChI is InChI=1S/C22H24N2O5S3/c1-4-24(5-2)32(27,28)16-10-7-9-15(13-16)20(25)23-21-19(22(26)29-6-3)17(14-31-21)18-11-8-12-30-18/h7-14H,4-6H2,1-3H3,(H,23,25). The van der Waals surface area contributed by atoms with E-state index in [2.05, 4.69) is 5.32 Å². The Morgan fingerprint density at radius 1 is 1.06 bits per heavy atom. The van der Waals surface area contributed by atoms with Crippen molar-refractivity contribution in [2.75, 3.05) is 25.0 Å². The predicted molar refractivity (Wildman–Crippen MR) is 128 cm³/mol. The van der Waals surface area contributed by atoms with E-state index in [-0.39, 0.29) is 17.1 Å². The van der Waals surface area contributed by atoms with Gasteiger partial charge in [-0.25, -0.2) is 13.2 Å². The summed E-state index contributed by atoms with van der Waals surface area (Å²) in [5, 5.41) is 6.82. The van der Waals surface area contributed by atoms with E-state index in [1.54, 1.807) is 26.2 Å². The summed E-state index contributed by atoms with van der Waals surface area (Å²) in [5.41, 5.74) is 1.16. The summed E-state index contributed by atoms with van der Waals surface area (Å²) in [6.07, 6.45) is 0. The Hall–Kier alpha value is -2.53. The summed E-state index contributed by atoms with van der Waals surface area (Å²) >= 11 is 2.70. The molecule has 10 heteroatoms. The van der Waals surface area contributed by atoms with Gasteiger partial charge in [0.1, 0.15) is 10.6 Å². The van der Waals surface area contributed by atoms with Crippen LogP contribution >= 0.6 is 22.7 Å². The van der Waals surface area contributed by atoms with Crippen molar-refractivity contribution in [2.24, 2.45) is 0 Å². The van der Waals surface area contributed by atoms with Crippen LogP contribution in [0.1, 0.15) is 41.5 Å². The van der Waals surface area contributed by atoms with Gasteiger partial charge in [0, 0.05) is 34.5 Å². The van der Waals surface area contributed by atoms with Crippen molar-refractivity contribution in [1.82, 2.24) is 4.31 Å². The van der Waals surface area contributed by atoms with Crippen LogP contribution in [0.25, 0.3) is 10.4 Å². The van der Waals surface area contributed by atoms with E-state index in [4.69, 9.17) is 4.74 Å². The Kier molecular flexibility index (Phi) is 7.83. The normalized spacial score (nSPS) is 11.5. The van der Waals surface area contributed by atoms with Gasteiger partial charge in [0.05, 0.1) is 11.5 Å². The lowest BCUT2D eigenvalue weighted by Gasteiger charge is -2.18. The fraction of sp³-hybridized carbons (Fsp3) is 0.273. The molecule has 0 fully saturated rings. The highest BCUT2D eigenvalue weighted by Gasteiger charge is 2.25. The van der Waals surface area contributed by atoms with Crippen LogP contribution < -0.4 is 5.32 Å². The lowest BCUT2D eigenvalue weighted by atomic mass is 10.1. The van der Waals surface area contributed by atoms with Gasteiger partial charge in [0.25, 0.3) is 5.91 Å². The van der Waals surface area contributed by atoms with Crippen LogP contribution in [-0.2, 0) is 14.8 Å². The van der Waals surface area contributed by atoms with Gasteiger partial charge in [-0.2, -0.15) is 4.31 Å². The number of hydrogen-bond acceptors (Lipinski definition) is 7. The first-order chi connectivity index (χ1) is 15.3. The Morgan fingerprint density at radius 3 is 2.44 bits per heavy atom. The van der Waals surface area contributed by atoms with Gasteiger partial charge in [-0.3, -0.25) is 4.79 Å². The molecule has 0 radical (unpaired) electrons. The molecule has 0 aliphatic carbocycles. The Bertz CT molecular complexity index is 1200. The smallest absolute Gasteiger partial charge is 0.341 e. The number of anilines is 1. The van der Waals surface area contributed by atoms with Gasteiger partial charge in [0.2, 0.25) is 10.0 Å². The molecule has 0 saturated heterocycles. The van der Waals surface area contributed by atoms with E-state index in [1.165, 1.54) is 51.2 Å². The van der Waals surface area contributed by atoms with Crippen LogP contribution in [-0.4, -0.2) is 44.3 Å². The van der Waals surface area contributed by atoms with Gasteiger partial charge < -0.3 is 10.1 Å². The number of rotatable bonds is 9. The van der Waals surface area contributed by atoms with Crippen LogP contribution in [0.5, 0.6) is 0 Å². The largest absolute Gasteiger partial charge is 0.462 e. The number of sulfonamides is 1. The van der Waals surface area contributed by atoms with Crippen LogP contribution in [0.2, 0.25) is 0 Å². The number of ether oxygens (including phenoxy) is 1. The summed E-state index contributed by atoms with van der Waals surface area (Å²) in [7, 11) is -3.70. The number of amides is 1. The van der Waals surface area contributed by atoms with Crippen LogP contribution in [0.15, 0.2) is 52.1 Å². The Morgan fingerprint density at radius 2 is 1.81 bits per heavy atom. The molecule has 32 heavy (non-hydrogen) atoms. The highest BCUT2D eigenvalue weighted by molar-refractivity contribution is 7.89. The van der Waals surface area contributed by atoms with E-state index in [0.717, 1.165) is 4.88 Å². The zero-order chi connectivity index (χ0) is 23.3. The number of carbonyl (C=O) groups is 2. The van der Waals surface area contributed by atoms with Crippen molar-refractivity contribution in [3.05, 3.63) is 58.3 Å². The zero-order valence-electron chi connectivity index (χ0n) is 18.0. The third kappa shape index (κ3) is 4.93. The molecule has 0 bridgehead atoms. The topological polar surface area (TPSA) is 92.8 Å². The minimum absolute atomic E-state index is 0.0462. The summed E-state index contributed by atoms with van der Waals surface area (Å²) in [5.74, 6) is -1.03. The second kappa shape index (κ2) is 10.4. The van der Waals surface area contributed by atoms with E-state index in [0.29, 0.717) is 29.2 Å². The van der Waals surface area contributed by atoms with E-state index in [1.807, 2.05) is 17.5 Å². The highest BCUT2D eigenvalue weighted by atomic mass is 32.2. The average molecular weight is 493 g/mol. The molecule has 0 unspecified atom stereocenters. The fourth-order valence-electron chi connectivity index (χ4n) is 3.15. The predicted octanol–water partition coefficient (Wildman–Crippen LogP) is 4.94. The van der Waals surface area contributed by atoms with Crippen molar-refractivity contribution >= 4 is 49.6 Å². The van der Waals surface area contributed by atoms with Gasteiger partial charge in [-0.05, 0) is 36.6 Å². The molecule has 170 valence electrons. The summed E-state index contributed by atoms with van der Waals surface area (Å²) in [4.78, 5) is 26.5. The maximum Gasteiger partial charge on any atom is 0.341 e. The SMILES string of the molecule is CCOC(=O)c1c(-c2cccs2)csc1NC(=O)c1cccc(S(=O)(=O)N(CC)CC)c1. The minimum Gasteiger partial charge on any atom is -0.462 e. The molecule has 0 saturated carbocycles. The third-order valence-corrected chi connectivity index (χ3v) is 8.57. The van der Waals surface area contributed by atoms with Crippen molar-refractivity contribution in [2.45, 2.75) is 25.7 Å². The number of thiophene rings is 2. The molecule has 3 aromatic rings. The lowest BCUT2D eigenvalue weighted by molar-refractivity contribution is 0.0529. The molecule has 1 aromatic carbocycles. The number of hydrogen-bond donors (Lipinski definition) is 1. The number of esters is 1. The quantitative estimate of drug-likeness (QED) is 0.427. The maximum absolute atomic E-state index is 13.0. The average Bonchev–Trinajstić information content (AvgIpc) is 3.44. The highest BCUT2D eigenvalue weighted by Crippen LogP contribution is 2.38. The van der Waals surface area contributed by atoms with Crippen molar-refractivity contribution < 1.29 is 22.7 Å². The van der Waals surface area contributed by atoms with Gasteiger partial charge in [-0.1, -0.05) is 26.0 Å². The molecule has 0 spiro atoms. The summed E-state index contributed by atoms with van der Waals surface area (Å²) in [6.45, 7) is 6.11. The minimum atomic E-state index is -3.70. The third-order valence-electron chi connectivity index (χ3n) is 4.72. The monoisotopic (exact) mass is 492 g/mol. The molecule has 2 heterocycles.